The Morgan fingerprint density at radius 2 is 1.89 bits per heavy atom. The van der Waals surface area contributed by atoms with Crippen LogP contribution in [-0.4, -0.2) is 34.7 Å². The van der Waals surface area contributed by atoms with Crippen LogP contribution in [0.3, 0.4) is 0 Å². The Kier molecular flexibility index (Phi) is 3.53. The highest BCUT2D eigenvalue weighted by atomic mass is 19.1. The van der Waals surface area contributed by atoms with Crippen LogP contribution < -0.4 is 5.32 Å². The summed E-state index contributed by atoms with van der Waals surface area (Å²) in [5.41, 5.74) is 0.00237. The molecule has 1 amide bonds. The molecule has 0 aromatic heterocycles. The molecule has 3 N–H and O–H groups in total. The molecule has 6 heteroatoms. The smallest absolute Gasteiger partial charge is 0.334 e. The average molecular weight is 267 g/mol. The molecule has 0 aliphatic heterocycles. The summed E-state index contributed by atoms with van der Waals surface area (Å²) in [5, 5.41) is 20.0. The van der Waals surface area contributed by atoms with E-state index < -0.39 is 17.5 Å². The van der Waals surface area contributed by atoms with Crippen molar-refractivity contribution in [1.29, 1.82) is 0 Å². The molecule has 1 saturated carbocycles. The van der Waals surface area contributed by atoms with Gasteiger partial charge >= 0.3 is 5.97 Å². The topological polar surface area (TPSA) is 86.6 Å². The predicted octanol–water partition coefficient (Wildman–Crippen LogP) is 0.419. The van der Waals surface area contributed by atoms with Crippen molar-refractivity contribution in [2.24, 2.45) is 0 Å². The number of hydrogen-bond acceptors (Lipinski definition) is 3. The van der Waals surface area contributed by atoms with Crippen molar-refractivity contribution in [3.63, 3.8) is 0 Å². The average Bonchev–Trinajstić information content (AvgIpc) is 3.17. The number of carboxylic acid groups (broad SMARTS) is 1. The second kappa shape index (κ2) is 4.97. The lowest BCUT2D eigenvalue weighted by Crippen LogP contribution is -2.41. The summed E-state index contributed by atoms with van der Waals surface area (Å²) in [7, 11) is 0. The molecule has 102 valence electrons. The Hall–Kier alpha value is -1.95. The van der Waals surface area contributed by atoms with E-state index >= 15 is 0 Å². The zero-order valence-electron chi connectivity index (χ0n) is 10.1. The summed E-state index contributed by atoms with van der Waals surface area (Å²) in [6.45, 7) is -0.336. The molecule has 1 unspecified atom stereocenters. The number of benzene rings is 1. The van der Waals surface area contributed by atoms with E-state index in [-0.39, 0.29) is 18.3 Å². The van der Waals surface area contributed by atoms with Crippen LogP contribution in [0.25, 0.3) is 0 Å². The number of nitrogens with one attached hydrogen (secondary N) is 1. The molecule has 1 aliphatic rings. The van der Waals surface area contributed by atoms with E-state index in [1.165, 1.54) is 12.1 Å². The Balaban J connectivity index is 2.02. The van der Waals surface area contributed by atoms with Crippen LogP contribution in [0.4, 0.5) is 4.39 Å². The lowest BCUT2D eigenvalue weighted by Gasteiger charge is -2.16. The summed E-state index contributed by atoms with van der Waals surface area (Å²) in [6.07, 6.45) is -0.352. The Morgan fingerprint density at radius 3 is 2.37 bits per heavy atom. The van der Waals surface area contributed by atoms with E-state index in [2.05, 4.69) is 5.32 Å². The van der Waals surface area contributed by atoms with E-state index in [0.29, 0.717) is 18.4 Å². The number of carbonyl (C=O) groups excluding carboxylic acids is 1. The van der Waals surface area contributed by atoms with Gasteiger partial charge in [-0.3, -0.25) is 4.79 Å². The molecule has 19 heavy (non-hydrogen) atoms. The zero-order valence-corrected chi connectivity index (χ0v) is 10.1. The van der Waals surface area contributed by atoms with E-state index in [1.54, 1.807) is 12.1 Å². The summed E-state index contributed by atoms with van der Waals surface area (Å²) < 4.78 is 12.8. The number of carbonyl (C=O) groups is 2. The van der Waals surface area contributed by atoms with Gasteiger partial charge in [0.05, 0.1) is 12.0 Å². The molecule has 1 aromatic carbocycles. The van der Waals surface area contributed by atoms with Crippen LogP contribution in [0.15, 0.2) is 24.3 Å². The number of amides is 1. The first-order valence-corrected chi connectivity index (χ1v) is 5.91. The van der Waals surface area contributed by atoms with Crippen LogP contribution in [-0.2, 0) is 15.0 Å². The molecule has 5 nitrogen and oxygen atoms in total. The minimum absolute atomic E-state index is 0.334. The number of carboxylic acids is 1. The first-order valence-electron chi connectivity index (χ1n) is 5.91. The maximum absolute atomic E-state index is 12.8. The van der Waals surface area contributed by atoms with Crippen LogP contribution >= 0.6 is 0 Å². The maximum atomic E-state index is 12.8. The molecular weight excluding hydrogens is 253 g/mol. The molecule has 0 saturated heterocycles. The van der Waals surface area contributed by atoms with Crippen LogP contribution in [0, 0.1) is 5.82 Å². The van der Waals surface area contributed by atoms with Crippen molar-refractivity contribution in [3.8, 4) is 0 Å². The van der Waals surface area contributed by atoms with Gasteiger partial charge in [-0.25, -0.2) is 9.18 Å². The van der Waals surface area contributed by atoms with Crippen molar-refractivity contribution >= 4 is 11.9 Å². The Labute approximate surface area is 109 Å². The van der Waals surface area contributed by atoms with Gasteiger partial charge in [-0.2, -0.15) is 0 Å². The third-order valence-electron chi connectivity index (χ3n) is 3.32. The molecule has 0 heterocycles. The van der Waals surface area contributed by atoms with Gasteiger partial charge in [0, 0.05) is 0 Å². The van der Waals surface area contributed by atoms with Gasteiger partial charge in [-0.1, -0.05) is 12.1 Å². The first kappa shape index (κ1) is 13.5. The fraction of sp³-hybridized carbons (Fsp3) is 0.385. The van der Waals surface area contributed by atoms with E-state index in [9.17, 15) is 14.0 Å². The van der Waals surface area contributed by atoms with E-state index in [4.69, 9.17) is 10.2 Å². The van der Waals surface area contributed by atoms with Crippen molar-refractivity contribution in [2.75, 3.05) is 6.54 Å². The number of rotatable bonds is 5. The predicted molar refractivity (Wildman–Crippen MR) is 64.0 cm³/mol. The molecular formula is C13H14FNO4. The molecule has 1 atom stereocenters. The number of hydrogen-bond donors (Lipinski definition) is 3. The number of aliphatic hydroxyl groups is 1. The highest BCUT2D eigenvalue weighted by Gasteiger charge is 2.51. The summed E-state index contributed by atoms with van der Waals surface area (Å²) in [4.78, 5) is 22.5. The van der Waals surface area contributed by atoms with Crippen molar-refractivity contribution in [3.05, 3.63) is 35.6 Å². The van der Waals surface area contributed by atoms with Gasteiger partial charge in [0.25, 0.3) is 0 Å². The second-order valence-electron chi connectivity index (χ2n) is 4.65. The first-order chi connectivity index (χ1) is 8.95. The fourth-order valence-corrected chi connectivity index (χ4v) is 1.99. The van der Waals surface area contributed by atoms with Gasteiger partial charge in [-0.15, -0.1) is 0 Å². The standard InChI is InChI=1S/C13H14FNO4/c14-9-3-1-8(2-4-9)13(5-6-13)12(19)15-7-10(16)11(17)18/h1-4,10,16H,5-7H2,(H,15,19)(H,17,18). The maximum Gasteiger partial charge on any atom is 0.334 e. The highest BCUT2D eigenvalue weighted by molar-refractivity contribution is 5.91. The summed E-state index contributed by atoms with van der Waals surface area (Å²) >= 11 is 0. The normalized spacial score (nSPS) is 17.6. The van der Waals surface area contributed by atoms with Gasteiger partial charge in [0.2, 0.25) is 5.91 Å². The minimum Gasteiger partial charge on any atom is -0.479 e. The fourth-order valence-electron chi connectivity index (χ4n) is 1.99. The minimum atomic E-state index is -1.62. The number of aliphatic carboxylic acids is 1. The summed E-state index contributed by atoms with van der Waals surface area (Å²) in [5.74, 6) is -2.09. The van der Waals surface area contributed by atoms with Gasteiger partial charge in [0.1, 0.15) is 5.82 Å². The van der Waals surface area contributed by atoms with Crippen LogP contribution in [0.2, 0.25) is 0 Å². The van der Waals surface area contributed by atoms with Gasteiger partial charge < -0.3 is 15.5 Å². The Morgan fingerprint density at radius 1 is 1.32 bits per heavy atom. The summed E-state index contributed by atoms with van der Waals surface area (Å²) in [6, 6.07) is 5.68. The van der Waals surface area contributed by atoms with Gasteiger partial charge in [-0.05, 0) is 30.5 Å². The molecule has 0 bridgehead atoms. The van der Waals surface area contributed by atoms with Crippen molar-refractivity contribution < 1.29 is 24.2 Å². The molecule has 1 fully saturated rings. The lowest BCUT2D eigenvalue weighted by atomic mass is 9.95. The monoisotopic (exact) mass is 267 g/mol. The largest absolute Gasteiger partial charge is 0.479 e. The van der Waals surface area contributed by atoms with Crippen LogP contribution in [0.1, 0.15) is 18.4 Å². The third-order valence-corrected chi connectivity index (χ3v) is 3.32. The van der Waals surface area contributed by atoms with Gasteiger partial charge in [0.15, 0.2) is 6.10 Å². The third kappa shape index (κ3) is 2.73. The molecule has 2 rings (SSSR count). The Bertz CT molecular complexity index is 496. The lowest BCUT2D eigenvalue weighted by molar-refractivity contribution is -0.146. The highest BCUT2D eigenvalue weighted by Crippen LogP contribution is 2.48. The molecule has 1 aromatic rings. The number of aliphatic hydroxyl groups excluding tert-OH is 1. The number of halogens is 1. The van der Waals surface area contributed by atoms with E-state index in [0.717, 1.165) is 0 Å². The molecule has 1 aliphatic carbocycles. The quantitative estimate of drug-likeness (QED) is 0.721. The second-order valence-corrected chi connectivity index (χ2v) is 4.65. The molecule has 0 spiro atoms. The zero-order chi connectivity index (χ0) is 14.0. The van der Waals surface area contributed by atoms with E-state index in [1.807, 2.05) is 0 Å². The van der Waals surface area contributed by atoms with Crippen molar-refractivity contribution in [2.45, 2.75) is 24.4 Å². The van der Waals surface area contributed by atoms with Crippen molar-refractivity contribution in [1.82, 2.24) is 5.32 Å². The van der Waals surface area contributed by atoms with Crippen LogP contribution in [0.5, 0.6) is 0 Å². The SMILES string of the molecule is O=C(O)C(O)CNC(=O)C1(c2ccc(F)cc2)CC1. The molecule has 0 radical (unpaired) electrons.